The van der Waals surface area contributed by atoms with Crippen LogP contribution in [0.2, 0.25) is 10.0 Å². The van der Waals surface area contributed by atoms with E-state index in [-0.39, 0.29) is 18.4 Å². The summed E-state index contributed by atoms with van der Waals surface area (Å²) in [4.78, 5) is 26.7. The molecule has 4 nitrogen and oxygen atoms in total. The smallest absolute Gasteiger partial charge is 0.242 e. The Balaban J connectivity index is 2.34. The van der Waals surface area contributed by atoms with Gasteiger partial charge in [-0.3, -0.25) is 9.59 Å². The van der Waals surface area contributed by atoms with Crippen LogP contribution in [0.4, 0.5) is 0 Å². The number of hydrogen-bond donors (Lipinski definition) is 1. The molecule has 2 amide bonds. The van der Waals surface area contributed by atoms with Crippen LogP contribution in [-0.2, 0) is 22.6 Å². The van der Waals surface area contributed by atoms with Crippen molar-refractivity contribution in [3.8, 4) is 0 Å². The van der Waals surface area contributed by atoms with Crippen molar-refractivity contribution in [3.63, 3.8) is 0 Å². The molecule has 0 spiro atoms. The first kappa shape index (κ1) is 20.3. The topological polar surface area (TPSA) is 49.4 Å². The Kier molecular flexibility index (Phi) is 7.49. The zero-order valence-electron chi connectivity index (χ0n) is 14.8. The number of rotatable bonds is 7. The van der Waals surface area contributed by atoms with Crippen LogP contribution in [0.5, 0.6) is 0 Å². The van der Waals surface area contributed by atoms with Gasteiger partial charge in [0.2, 0.25) is 11.8 Å². The molecule has 1 atom stereocenters. The highest BCUT2D eigenvalue weighted by Gasteiger charge is 2.28. The number of nitrogens with one attached hydrogen (secondary N) is 1. The van der Waals surface area contributed by atoms with E-state index in [0.717, 1.165) is 11.1 Å². The predicted molar refractivity (Wildman–Crippen MR) is 105 cm³/mol. The average molecular weight is 393 g/mol. The van der Waals surface area contributed by atoms with Crippen LogP contribution in [0.3, 0.4) is 0 Å². The van der Waals surface area contributed by atoms with Gasteiger partial charge in [0.25, 0.3) is 0 Å². The number of carbonyl (C=O) groups is 2. The molecule has 0 aromatic heterocycles. The Bertz CT molecular complexity index is 766. The first-order valence-corrected chi connectivity index (χ1v) is 9.20. The van der Waals surface area contributed by atoms with E-state index in [1.54, 1.807) is 31.0 Å². The molecule has 0 aliphatic rings. The summed E-state index contributed by atoms with van der Waals surface area (Å²) in [5.41, 5.74) is 1.81. The number of amides is 2. The van der Waals surface area contributed by atoms with Gasteiger partial charge in [0.1, 0.15) is 6.04 Å². The highest BCUT2D eigenvalue weighted by Crippen LogP contribution is 2.24. The van der Waals surface area contributed by atoms with Gasteiger partial charge >= 0.3 is 0 Å². The first-order valence-electron chi connectivity index (χ1n) is 8.45. The Hall–Kier alpha value is -2.04. The second-order valence-corrected chi connectivity index (χ2v) is 6.76. The van der Waals surface area contributed by atoms with Gasteiger partial charge in [0, 0.05) is 26.4 Å². The minimum Gasteiger partial charge on any atom is -0.357 e. The van der Waals surface area contributed by atoms with Crippen molar-refractivity contribution < 1.29 is 9.59 Å². The zero-order chi connectivity index (χ0) is 19.1. The molecule has 0 heterocycles. The lowest BCUT2D eigenvalue weighted by Crippen LogP contribution is -2.49. The lowest BCUT2D eigenvalue weighted by molar-refractivity contribution is -0.140. The maximum atomic E-state index is 12.6. The molecule has 0 saturated heterocycles. The summed E-state index contributed by atoms with van der Waals surface area (Å²) >= 11 is 12.1. The van der Waals surface area contributed by atoms with Gasteiger partial charge in [-0.2, -0.15) is 0 Å². The van der Waals surface area contributed by atoms with E-state index in [2.05, 4.69) is 5.32 Å². The Morgan fingerprint density at radius 2 is 1.73 bits per heavy atom. The van der Waals surface area contributed by atoms with Gasteiger partial charge in [-0.05, 0) is 23.3 Å². The van der Waals surface area contributed by atoms with Crippen molar-refractivity contribution in [2.45, 2.75) is 32.4 Å². The Morgan fingerprint density at radius 1 is 1.04 bits per heavy atom. The van der Waals surface area contributed by atoms with Gasteiger partial charge in [-0.15, -0.1) is 0 Å². The van der Waals surface area contributed by atoms with Crippen LogP contribution in [0.25, 0.3) is 0 Å². The molecule has 0 unspecified atom stereocenters. The summed E-state index contributed by atoms with van der Waals surface area (Å²) in [7, 11) is 1.58. The molecule has 0 saturated carbocycles. The van der Waals surface area contributed by atoms with Crippen molar-refractivity contribution >= 4 is 35.0 Å². The number of halogens is 2. The molecule has 6 heteroatoms. The van der Waals surface area contributed by atoms with E-state index in [1.165, 1.54) is 0 Å². The Labute approximate surface area is 164 Å². The molecule has 0 radical (unpaired) electrons. The summed E-state index contributed by atoms with van der Waals surface area (Å²) < 4.78 is 0. The van der Waals surface area contributed by atoms with Crippen molar-refractivity contribution in [3.05, 3.63) is 69.7 Å². The molecule has 26 heavy (non-hydrogen) atoms. The normalized spacial score (nSPS) is 11.7. The highest BCUT2D eigenvalue weighted by atomic mass is 35.5. The van der Waals surface area contributed by atoms with Crippen LogP contribution in [0.15, 0.2) is 48.5 Å². The summed E-state index contributed by atoms with van der Waals surface area (Å²) in [6.07, 6.45) is 0.747. The predicted octanol–water partition coefficient (Wildman–Crippen LogP) is 4.09. The molecular formula is C20H22Cl2N2O2. The molecule has 2 aromatic rings. The first-order chi connectivity index (χ1) is 12.5. The average Bonchev–Trinajstić information content (AvgIpc) is 2.66. The lowest BCUT2D eigenvalue weighted by Gasteiger charge is -2.31. The minimum absolute atomic E-state index is 0.0967. The number of likely N-dealkylation sites (N-methyl/N-ethyl adjacent to an activating group) is 1. The third-order valence-electron chi connectivity index (χ3n) is 4.16. The molecule has 138 valence electrons. The number of carbonyl (C=O) groups excluding carboxylic acids is 2. The molecule has 2 aromatic carbocycles. The van der Waals surface area contributed by atoms with Crippen molar-refractivity contribution in [2.75, 3.05) is 7.05 Å². The maximum absolute atomic E-state index is 12.6. The minimum atomic E-state index is -0.607. The summed E-state index contributed by atoms with van der Waals surface area (Å²) in [5, 5.41) is 3.55. The second-order valence-electron chi connectivity index (χ2n) is 5.94. The monoisotopic (exact) mass is 392 g/mol. The highest BCUT2D eigenvalue weighted by molar-refractivity contribution is 6.42. The van der Waals surface area contributed by atoms with E-state index in [1.807, 2.05) is 36.4 Å². The second kappa shape index (κ2) is 9.60. The molecule has 0 aliphatic heterocycles. The largest absolute Gasteiger partial charge is 0.357 e. The third kappa shape index (κ3) is 5.23. The van der Waals surface area contributed by atoms with Gasteiger partial charge in [-0.1, -0.05) is 66.5 Å². The molecule has 0 fully saturated rings. The van der Waals surface area contributed by atoms with Crippen LogP contribution in [-0.4, -0.2) is 29.8 Å². The van der Waals surface area contributed by atoms with Gasteiger partial charge in [0.05, 0.1) is 10.0 Å². The Morgan fingerprint density at radius 3 is 2.31 bits per heavy atom. The molecule has 0 bridgehead atoms. The fraction of sp³-hybridized carbons (Fsp3) is 0.300. The third-order valence-corrected chi connectivity index (χ3v) is 4.90. The zero-order valence-corrected chi connectivity index (χ0v) is 16.3. The molecular weight excluding hydrogens is 371 g/mol. The molecule has 1 N–H and O–H groups in total. The summed E-state index contributed by atoms with van der Waals surface area (Å²) in [6, 6.07) is 14.3. The van der Waals surface area contributed by atoms with Crippen LogP contribution in [0.1, 0.15) is 24.5 Å². The number of hydrogen-bond acceptors (Lipinski definition) is 2. The van der Waals surface area contributed by atoms with E-state index in [9.17, 15) is 9.59 Å². The van der Waals surface area contributed by atoms with E-state index >= 15 is 0 Å². The fourth-order valence-corrected chi connectivity index (χ4v) is 3.08. The maximum Gasteiger partial charge on any atom is 0.242 e. The van der Waals surface area contributed by atoms with Gasteiger partial charge in [-0.25, -0.2) is 0 Å². The summed E-state index contributed by atoms with van der Waals surface area (Å²) in [5.74, 6) is -0.295. The van der Waals surface area contributed by atoms with E-state index < -0.39 is 6.04 Å². The van der Waals surface area contributed by atoms with Gasteiger partial charge < -0.3 is 10.2 Å². The van der Waals surface area contributed by atoms with Crippen molar-refractivity contribution in [1.82, 2.24) is 10.2 Å². The SMILES string of the molecule is CCC(=O)N(Cc1ccc(Cl)c(Cl)c1)[C@H](Cc1ccccc1)C(=O)NC. The van der Waals surface area contributed by atoms with Crippen LogP contribution in [0, 0.1) is 0 Å². The van der Waals surface area contributed by atoms with Gasteiger partial charge in [0.15, 0.2) is 0 Å². The van der Waals surface area contributed by atoms with Crippen molar-refractivity contribution in [1.29, 1.82) is 0 Å². The quantitative estimate of drug-likeness (QED) is 0.771. The molecule has 0 aliphatic carbocycles. The molecule has 2 rings (SSSR count). The van der Waals surface area contributed by atoms with Crippen molar-refractivity contribution in [2.24, 2.45) is 0 Å². The van der Waals surface area contributed by atoms with Crippen LogP contribution < -0.4 is 5.32 Å². The lowest BCUT2D eigenvalue weighted by atomic mass is 10.0. The van der Waals surface area contributed by atoms with E-state index in [4.69, 9.17) is 23.2 Å². The fourth-order valence-electron chi connectivity index (χ4n) is 2.76. The van der Waals surface area contributed by atoms with Crippen LogP contribution >= 0.6 is 23.2 Å². The number of benzene rings is 2. The summed E-state index contributed by atoms with van der Waals surface area (Å²) in [6.45, 7) is 2.07. The number of nitrogens with zero attached hydrogens (tertiary/aromatic N) is 1. The van der Waals surface area contributed by atoms with E-state index in [0.29, 0.717) is 22.9 Å². The standard InChI is InChI=1S/C20H22Cl2N2O2/c1-3-19(25)24(13-15-9-10-16(21)17(22)11-15)18(20(26)23-2)12-14-7-5-4-6-8-14/h4-11,18H,3,12-13H2,1-2H3,(H,23,26)/t18-/m1/s1.